The van der Waals surface area contributed by atoms with E-state index in [0.29, 0.717) is 27.6 Å². The molecule has 0 saturated heterocycles. The minimum Gasteiger partial charge on any atom is -0.423 e. The van der Waals surface area contributed by atoms with Crippen LogP contribution in [0.1, 0.15) is 49.9 Å². The van der Waals surface area contributed by atoms with Crippen LogP contribution in [0, 0.1) is 0 Å². The van der Waals surface area contributed by atoms with E-state index in [4.69, 9.17) is 63.2 Å². The Labute approximate surface area is 771 Å². The van der Waals surface area contributed by atoms with Crippen LogP contribution in [0.4, 0.5) is 0 Å². The molecule has 2 aliphatic carbocycles. The summed E-state index contributed by atoms with van der Waals surface area (Å²) in [4.78, 5) is 29.6. The van der Waals surface area contributed by atoms with Crippen LogP contribution in [0.15, 0.2) is 435 Å². The molecule has 0 bridgehead atoms. The molecule has 0 unspecified atom stereocenters. The van der Waals surface area contributed by atoms with Crippen LogP contribution in [0.3, 0.4) is 0 Å². The summed E-state index contributed by atoms with van der Waals surface area (Å²) in [5, 5.41) is 37.1. The number of aromatic nitrogens is 6. The van der Waals surface area contributed by atoms with Crippen molar-refractivity contribution in [1.29, 1.82) is 0 Å². The molecule has 129 heavy (non-hydrogen) atoms. The number of hydrogen-bond acceptors (Lipinski definition) is 10. The Balaban J connectivity index is 0.000000122. The number of rotatable bonds is 14. The van der Waals surface area contributed by atoms with Crippen LogP contribution in [0.5, 0.6) is 0 Å². The molecule has 0 fully saturated rings. The van der Waals surface area contributed by atoms with Crippen LogP contribution in [0.2, 0.25) is 10.0 Å². The average Bonchev–Trinajstić information content (AvgIpc) is 1.59. The van der Waals surface area contributed by atoms with Gasteiger partial charge in [-0.1, -0.05) is 419 Å². The van der Waals surface area contributed by atoms with Gasteiger partial charge >= 0.3 is 14.2 Å². The summed E-state index contributed by atoms with van der Waals surface area (Å²) >= 11 is 15.3. The van der Waals surface area contributed by atoms with Crippen molar-refractivity contribution in [3.8, 4) is 157 Å². The van der Waals surface area contributed by atoms with Gasteiger partial charge in [-0.25, -0.2) is 29.9 Å². The lowest BCUT2D eigenvalue weighted by atomic mass is 9.75. The van der Waals surface area contributed by atoms with Crippen molar-refractivity contribution >= 4 is 64.3 Å². The maximum atomic E-state index is 9.30. The van der Waals surface area contributed by atoms with Crippen LogP contribution < -0.4 is 10.9 Å². The highest BCUT2D eigenvalue weighted by Crippen LogP contribution is 2.51. The summed E-state index contributed by atoms with van der Waals surface area (Å²) < 4.78 is 1.01. The predicted molar refractivity (Wildman–Crippen MR) is 537 cm³/mol. The molecule has 624 valence electrons. The first kappa shape index (κ1) is 86.9. The topological polar surface area (TPSA) is 158 Å². The lowest BCUT2D eigenvalue weighted by Crippen LogP contribution is -2.31. The molecule has 3 heterocycles. The van der Waals surface area contributed by atoms with Gasteiger partial charge in [0.2, 0.25) is 0 Å². The molecule has 0 amide bonds. The summed E-state index contributed by atoms with van der Waals surface area (Å²) in [6, 6.07) is 146. The fourth-order valence-corrected chi connectivity index (χ4v) is 17.3. The normalized spacial score (nSPS) is 12.0. The largest absolute Gasteiger partial charge is 0.488 e. The summed E-state index contributed by atoms with van der Waals surface area (Å²) in [7, 11) is -2.84. The summed E-state index contributed by atoms with van der Waals surface area (Å²) in [6.07, 6.45) is 0. The van der Waals surface area contributed by atoms with Gasteiger partial charge in [0.25, 0.3) is 0 Å². The van der Waals surface area contributed by atoms with Crippen LogP contribution in [0.25, 0.3) is 157 Å². The molecule has 0 aliphatic heterocycles. The average molecular weight is 1780 g/mol. The van der Waals surface area contributed by atoms with Crippen LogP contribution in [-0.2, 0) is 10.8 Å². The monoisotopic (exact) mass is 1770 g/mol. The highest BCUT2D eigenvalue weighted by Gasteiger charge is 2.37. The minimum absolute atomic E-state index is 0.0270. The number of fused-ring (bicyclic) bond motifs is 6. The minimum atomic E-state index is -1.43. The first-order chi connectivity index (χ1) is 62.8. The van der Waals surface area contributed by atoms with Crippen LogP contribution in [-0.4, -0.2) is 64.2 Å². The maximum Gasteiger partial charge on any atom is 0.488 e. The molecular formula is C114H87B2BrCl2N6O4. The lowest BCUT2D eigenvalue weighted by molar-refractivity contribution is 0.424. The van der Waals surface area contributed by atoms with Crippen molar-refractivity contribution in [2.24, 2.45) is 0 Å². The first-order valence-electron chi connectivity index (χ1n) is 42.6. The molecule has 10 nitrogen and oxygen atoms in total. The zero-order chi connectivity index (χ0) is 89.0. The van der Waals surface area contributed by atoms with Crippen molar-refractivity contribution in [2.75, 3.05) is 0 Å². The van der Waals surface area contributed by atoms with Gasteiger partial charge in [-0.05, 0) is 168 Å². The third kappa shape index (κ3) is 20.1. The standard InChI is InChI=1S/C43H32N2.C28H19ClN2.C22H15BrN2.C15H15BO2.C6H6BClO2/c1-43(2)38-22-10-9-21-36(38)37-24-23-34(27-39(37)43)32-18-11-17-31(25-32)33-19-12-20-35(26-33)42-44-40(29-13-5-3-6-14-29)28-41(45-42)30-15-7-4-8-16-30;29-25-16-8-14-23(18-25)22-13-7-15-24(17-22)28-30-26(20-9-3-1-4-10-20)19-27(31-28)21-11-5-2-6-12-21;23-19-13-7-12-18(14-19)22-24-20(16-8-3-1-4-9-16)15-21(25-22)17-10-5-2-6-11-17;1-15(2)13-6-4-3-5-11(13)12-8-7-10(16(17)18)9-14(12)15;8-6-3-1-2-5(4-6)7(9)10/h3-28H,1-2H3;1-19H;1-15H;3-9,17-18H,1-2H3;1-4,9-10H. The van der Waals surface area contributed by atoms with Gasteiger partial charge in [-0.15, -0.1) is 0 Å². The SMILES string of the molecule is Brc1cccc(-c2nc(-c3ccccc3)cc(-c3ccccc3)n2)c1.CC1(C)c2ccccc2-c2ccc(-c3cccc(-c4cccc(-c5nc(-c6ccccc6)cc(-c6ccccc6)n5)c4)c3)cc21.CC1(C)c2ccccc2-c2ccc(B(O)O)cc21.Clc1cccc(-c2cccc(-c3nc(-c4ccccc4)cc(-c4ccccc4)n3)c2)c1.OB(O)c1cccc(Cl)c1. The zero-order valence-electron chi connectivity index (χ0n) is 71.3. The van der Waals surface area contributed by atoms with E-state index in [1.54, 1.807) is 24.3 Å². The van der Waals surface area contributed by atoms with E-state index in [-0.39, 0.29) is 10.8 Å². The Hall–Kier alpha value is -14.2. The molecule has 4 N–H and O–H groups in total. The van der Waals surface area contributed by atoms with E-state index in [0.717, 1.165) is 122 Å². The molecule has 0 spiro atoms. The maximum absolute atomic E-state index is 9.30. The van der Waals surface area contributed by atoms with E-state index in [2.05, 4.69) is 250 Å². The fourth-order valence-electron chi connectivity index (χ4n) is 16.6. The van der Waals surface area contributed by atoms with E-state index in [9.17, 15) is 10.0 Å². The summed E-state index contributed by atoms with van der Waals surface area (Å²) in [5.41, 5.74) is 33.0. The molecule has 0 saturated carbocycles. The molecule has 0 radical (unpaired) electrons. The van der Waals surface area contributed by atoms with Crippen LogP contribution >= 0.6 is 39.1 Å². The quantitative estimate of drug-likeness (QED) is 0.0773. The van der Waals surface area contributed by atoms with Gasteiger partial charge in [0.15, 0.2) is 17.5 Å². The van der Waals surface area contributed by atoms with Crippen molar-refractivity contribution in [3.05, 3.63) is 467 Å². The van der Waals surface area contributed by atoms with Gasteiger partial charge in [0.05, 0.1) is 34.2 Å². The van der Waals surface area contributed by atoms with Gasteiger partial charge in [-0.2, -0.15) is 0 Å². The zero-order valence-corrected chi connectivity index (χ0v) is 74.4. The molecule has 19 aromatic rings. The second kappa shape index (κ2) is 39.4. The molecule has 16 aromatic carbocycles. The Morgan fingerprint density at radius 1 is 0.209 bits per heavy atom. The van der Waals surface area contributed by atoms with Crippen molar-refractivity contribution in [3.63, 3.8) is 0 Å². The summed E-state index contributed by atoms with van der Waals surface area (Å²) in [5.74, 6) is 2.14. The molecule has 2 aliphatic rings. The fraction of sp³-hybridized carbons (Fsp3) is 0.0526. The van der Waals surface area contributed by atoms with Crippen molar-refractivity contribution in [1.82, 2.24) is 29.9 Å². The molecule has 15 heteroatoms. The Kier molecular flexibility index (Phi) is 26.5. The van der Waals surface area contributed by atoms with E-state index in [1.165, 1.54) is 61.7 Å². The molecule has 0 atom stereocenters. The molecular weight excluding hydrogens is 1690 g/mol. The van der Waals surface area contributed by atoms with Gasteiger partial charge < -0.3 is 20.1 Å². The number of hydrogen-bond donors (Lipinski definition) is 4. The highest BCUT2D eigenvalue weighted by molar-refractivity contribution is 9.10. The second-order valence-electron chi connectivity index (χ2n) is 32.6. The smallest absolute Gasteiger partial charge is 0.423 e. The van der Waals surface area contributed by atoms with Crippen molar-refractivity contribution < 1.29 is 20.1 Å². The number of halogens is 3. The highest BCUT2D eigenvalue weighted by atomic mass is 79.9. The lowest BCUT2D eigenvalue weighted by Gasteiger charge is -2.22. The third-order valence-corrected chi connectivity index (χ3v) is 24.2. The Bertz CT molecular complexity index is 7010. The predicted octanol–water partition coefficient (Wildman–Crippen LogP) is 26.8. The van der Waals surface area contributed by atoms with Gasteiger partial charge in [0.1, 0.15) is 0 Å². The van der Waals surface area contributed by atoms with E-state index >= 15 is 0 Å². The first-order valence-corrected chi connectivity index (χ1v) is 44.2. The second-order valence-corrected chi connectivity index (χ2v) is 34.3. The number of nitrogens with zero attached hydrogens (tertiary/aromatic N) is 6. The van der Waals surface area contributed by atoms with E-state index < -0.39 is 14.2 Å². The van der Waals surface area contributed by atoms with E-state index in [1.807, 2.05) is 194 Å². The Morgan fingerprint density at radius 3 is 0.806 bits per heavy atom. The van der Waals surface area contributed by atoms with Gasteiger partial charge in [-0.3, -0.25) is 0 Å². The summed E-state index contributed by atoms with van der Waals surface area (Å²) in [6.45, 7) is 9.01. The third-order valence-electron chi connectivity index (χ3n) is 23.2. The molecule has 3 aromatic heterocycles. The molecule has 21 rings (SSSR count). The van der Waals surface area contributed by atoms with Gasteiger partial charge in [0, 0.05) is 75.4 Å². The number of benzene rings is 16. The Morgan fingerprint density at radius 2 is 0.465 bits per heavy atom. The van der Waals surface area contributed by atoms with Crippen molar-refractivity contribution in [2.45, 2.75) is 38.5 Å².